The molecule has 3 heteroatoms. The van der Waals surface area contributed by atoms with E-state index in [-0.39, 0.29) is 0 Å². The third kappa shape index (κ3) is 3.01. The van der Waals surface area contributed by atoms with Crippen molar-refractivity contribution < 1.29 is 5.11 Å². The number of benzene rings is 1. The van der Waals surface area contributed by atoms with Crippen molar-refractivity contribution in [1.82, 2.24) is 0 Å². The lowest BCUT2D eigenvalue weighted by Crippen LogP contribution is -2.33. The largest absolute Gasteiger partial charge is 0.387 e. The minimum Gasteiger partial charge on any atom is -0.387 e. The highest BCUT2D eigenvalue weighted by Crippen LogP contribution is 2.48. The lowest BCUT2D eigenvalue weighted by molar-refractivity contribution is 0.0185. The fraction of sp³-hybridized carbons (Fsp3) is 0.562. The van der Waals surface area contributed by atoms with Crippen molar-refractivity contribution in [1.29, 1.82) is 5.26 Å². The summed E-state index contributed by atoms with van der Waals surface area (Å²) in [5.41, 5.74) is 0.229. The SMILES string of the molecule is CCC1CCCC(C#N)(C(O)c2cccc(Br)c2)C1. The zero-order valence-corrected chi connectivity index (χ0v) is 12.9. The molecule has 1 N–H and O–H groups in total. The summed E-state index contributed by atoms with van der Waals surface area (Å²) in [6.07, 6.45) is 4.24. The van der Waals surface area contributed by atoms with Gasteiger partial charge in [-0.1, -0.05) is 54.2 Å². The molecular weight excluding hydrogens is 302 g/mol. The second kappa shape index (κ2) is 6.07. The Balaban J connectivity index is 2.28. The highest BCUT2D eigenvalue weighted by molar-refractivity contribution is 9.10. The predicted molar refractivity (Wildman–Crippen MR) is 79.4 cm³/mol. The van der Waals surface area contributed by atoms with E-state index in [0.717, 1.165) is 35.7 Å². The molecule has 1 saturated carbocycles. The van der Waals surface area contributed by atoms with E-state index in [0.29, 0.717) is 5.92 Å². The molecule has 3 unspecified atom stereocenters. The quantitative estimate of drug-likeness (QED) is 0.884. The number of hydrogen-bond acceptors (Lipinski definition) is 2. The van der Waals surface area contributed by atoms with Gasteiger partial charge in [0.25, 0.3) is 0 Å². The van der Waals surface area contributed by atoms with Crippen LogP contribution in [-0.4, -0.2) is 5.11 Å². The first-order valence-electron chi connectivity index (χ1n) is 6.96. The number of rotatable bonds is 3. The standard InChI is InChI=1S/C16H20BrNO/c1-2-12-5-4-8-16(10-12,11-18)15(19)13-6-3-7-14(17)9-13/h3,6-7,9,12,15,19H,2,4-5,8,10H2,1H3. The van der Waals surface area contributed by atoms with Crippen LogP contribution in [0.4, 0.5) is 0 Å². The summed E-state index contributed by atoms with van der Waals surface area (Å²) in [5.74, 6) is 0.565. The number of aliphatic hydroxyl groups excluding tert-OH is 1. The summed E-state index contributed by atoms with van der Waals surface area (Å²) in [7, 11) is 0. The van der Waals surface area contributed by atoms with Gasteiger partial charge in [-0.3, -0.25) is 0 Å². The maximum Gasteiger partial charge on any atom is 0.0976 e. The topological polar surface area (TPSA) is 44.0 Å². The van der Waals surface area contributed by atoms with Gasteiger partial charge in [-0.2, -0.15) is 5.26 Å². The Morgan fingerprint density at radius 1 is 1.58 bits per heavy atom. The molecular formula is C16H20BrNO. The van der Waals surface area contributed by atoms with Crippen molar-refractivity contribution in [2.45, 2.75) is 45.1 Å². The fourth-order valence-corrected chi connectivity index (χ4v) is 3.60. The third-order valence-corrected chi connectivity index (χ3v) is 4.87. The Morgan fingerprint density at radius 3 is 3.00 bits per heavy atom. The minimum atomic E-state index is -0.690. The first-order chi connectivity index (χ1) is 9.11. The summed E-state index contributed by atoms with van der Waals surface area (Å²) >= 11 is 3.43. The van der Waals surface area contributed by atoms with Crippen LogP contribution in [0.2, 0.25) is 0 Å². The molecule has 0 spiro atoms. The molecule has 2 nitrogen and oxygen atoms in total. The monoisotopic (exact) mass is 321 g/mol. The van der Waals surface area contributed by atoms with Crippen molar-refractivity contribution in [3.8, 4) is 6.07 Å². The highest BCUT2D eigenvalue weighted by atomic mass is 79.9. The summed E-state index contributed by atoms with van der Waals surface area (Å²) in [6.45, 7) is 2.17. The van der Waals surface area contributed by atoms with Gasteiger partial charge < -0.3 is 5.11 Å². The molecule has 1 aromatic carbocycles. The Morgan fingerprint density at radius 2 is 2.37 bits per heavy atom. The number of halogens is 1. The lowest BCUT2D eigenvalue weighted by Gasteiger charge is -2.39. The average molecular weight is 322 g/mol. The lowest BCUT2D eigenvalue weighted by atomic mass is 9.65. The summed E-state index contributed by atoms with van der Waals surface area (Å²) in [5, 5.41) is 20.3. The molecule has 19 heavy (non-hydrogen) atoms. The van der Waals surface area contributed by atoms with E-state index >= 15 is 0 Å². The average Bonchev–Trinajstić information content (AvgIpc) is 2.46. The molecule has 0 bridgehead atoms. The zero-order chi connectivity index (χ0) is 13.9. The molecule has 3 atom stereocenters. The number of aliphatic hydroxyl groups is 1. The van der Waals surface area contributed by atoms with Crippen molar-refractivity contribution >= 4 is 15.9 Å². The van der Waals surface area contributed by atoms with Crippen LogP contribution in [0.1, 0.15) is 50.7 Å². The van der Waals surface area contributed by atoms with E-state index in [4.69, 9.17) is 0 Å². The van der Waals surface area contributed by atoms with Crippen LogP contribution in [0, 0.1) is 22.7 Å². The molecule has 102 valence electrons. The van der Waals surface area contributed by atoms with Crippen molar-refractivity contribution in [2.75, 3.05) is 0 Å². The van der Waals surface area contributed by atoms with Gasteiger partial charge in [0.15, 0.2) is 0 Å². The molecule has 1 aliphatic rings. The van der Waals surface area contributed by atoms with Crippen molar-refractivity contribution in [3.63, 3.8) is 0 Å². The highest BCUT2D eigenvalue weighted by Gasteiger charge is 2.42. The molecule has 0 heterocycles. The maximum atomic E-state index is 10.7. The van der Waals surface area contributed by atoms with Crippen LogP contribution in [0.25, 0.3) is 0 Å². The van der Waals surface area contributed by atoms with Gasteiger partial charge in [0.1, 0.15) is 0 Å². The summed E-state index contributed by atoms with van der Waals surface area (Å²) in [6, 6.07) is 10.1. The molecule has 0 radical (unpaired) electrons. The molecule has 2 rings (SSSR count). The molecule has 1 aliphatic carbocycles. The minimum absolute atomic E-state index is 0.565. The zero-order valence-electron chi connectivity index (χ0n) is 11.3. The van der Waals surface area contributed by atoms with E-state index in [1.54, 1.807) is 0 Å². The number of nitrogens with zero attached hydrogens (tertiary/aromatic N) is 1. The normalized spacial score (nSPS) is 28.6. The fourth-order valence-electron chi connectivity index (χ4n) is 3.18. The van der Waals surface area contributed by atoms with Crippen LogP contribution in [-0.2, 0) is 0 Å². The third-order valence-electron chi connectivity index (χ3n) is 4.38. The van der Waals surface area contributed by atoms with E-state index < -0.39 is 11.5 Å². The maximum absolute atomic E-state index is 10.7. The Bertz CT molecular complexity index is 482. The van der Waals surface area contributed by atoms with Gasteiger partial charge in [0, 0.05) is 4.47 Å². The van der Waals surface area contributed by atoms with Crippen LogP contribution in [0.5, 0.6) is 0 Å². The molecule has 0 saturated heterocycles. The Hall–Kier alpha value is -0.850. The second-order valence-electron chi connectivity index (χ2n) is 5.60. The van der Waals surface area contributed by atoms with E-state index in [2.05, 4.69) is 28.9 Å². The molecule has 0 aliphatic heterocycles. The van der Waals surface area contributed by atoms with Crippen LogP contribution in [0.15, 0.2) is 28.7 Å². The van der Waals surface area contributed by atoms with Gasteiger partial charge >= 0.3 is 0 Å². The Labute approximate surface area is 123 Å². The first kappa shape index (κ1) is 14.6. The van der Waals surface area contributed by atoms with Crippen LogP contribution < -0.4 is 0 Å². The molecule has 0 amide bonds. The first-order valence-corrected chi connectivity index (χ1v) is 7.75. The van der Waals surface area contributed by atoms with Crippen molar-refractivity contribution in [2.24, 2.45) is 11.3 Å². The summed E-state index contributed by atoms with van der Waals surface area (Å²) in [4.78, 5) is 0. The summed E-state index contributed by atoms with van der Waals surface area (Å²) < 4.78 is 0.944. The van der Waals surface area contributed by atoms with Gasteiger partial charge in [-0.25, -0.2) is 0 Å². The van der Waals surface area contributed by atoms with Gasteiger partial charge in [0.2, 0.25) is 0 Å². The Kier molecular flexibility index (Phi) is 4.65. The van der Waals surface area contributed by atoms with Crippen LogP contribution in [0.3, 0.4) is 0 Å². The van der Waals surface area contributed by atoms with E-state index in [9.17, 15) is 10.4 Å². The van der Waals surface area contributed by atoms with Gasteiger partial charge in [-0.15, -0.1) is 0 Å². The van der Waals surface area contributed by atoms with E-state index in [1.165, 1.54) is 6.42 Å². The van der Waals surface area contributed by atoms with Crippen molar-refractivity contribution in [3.05, 3.63) is 34.3 Å². The number of hydrogen-bond donors (Lipinski definition) is 1. The predicted octanol–water partition coefficient (Wildman–Crippen LogP) is 4.59. The second-order valence-corrected chi connectivity index (χ2v) is 6.51. The van der Waals surface area contributed by atoms with Crippen LogP contribution >= 0.6 is 15.9 Å². The van der Waals surface area contributed by atoms with Gasteiger partial charge in [-0.05, 0) is 36.5 Å². The molecule has 1 fully saturated rings. The van der Waals surface area contributed by atoms with E-state index in [1.807, 2.05) is 24.3 Å². The van der Waals surface area contributed by atoms with Gasteiger partial charge in [0.05, 0.1) is 17.6 Å². The molecule has 0 aromatic heterocycles. The number of nitriles is 1. The smallest absolute Gasteiger partial charge is 0.0976 e. The molecule has 1 aromatic rings.